The van der Waals surface area contributed by atoms with E-state index in [-0.39, 0.29) is 5.82 Å². The lowest BCUT2D eigenvalue weighted by Crippen LogP contribution is -2.02. The maximum absolute atomic E-state index is 13.3. The largest absolute Gasteiger partial charge is 0.496 e. The highest BCUT2D eigenvalue weighted by atomic mass is 19.1. The molecule has 0 amide bonds. The zero-order valence-electron chi connectivity index (χ0n) is 10.3. The van der Waals surface area contributed by atoms with E-state index in [2.05, 4.69) is 15.3 Å². The van der Waals surface area contributed by atoms with Crippen molar-refractivity contribution < 1.29 is 9.13 Å². The average Bonchev–Trinajstić information content (AvgIpc) is 2.39. The van der Waals surface area contributed by atoms with Gasteiger partial charge in [0.05, 0.1) is 12.8 Å². The molecule has 0 spiro atoms. The van der Waals surface area contributed by atoms with Crippen molar-refractivity contribution in [2.75, 3.05) is 19.0 Å². The zero-order valence-corrected chi connectivity index (χ0v) is 10.3. The summed E-state index contributed by atoms with van der Waals surface area (Å²) in [5, 5.41) is 3.01. The summed E-state index contributed by atoms with van der Waals surface area (Å²) in [6.45, 7) is 2.68. The van der Waals surface area contributed by atoms with Gasteiger partial charge in [-0.1, -0.05) is 0 Å². The smallest absolute Gasteiger partial charge is 0.223 e. The number of rotatable bonds is 4. The highest BCUT2D eigenvalue weighted by Crippen LogP contribution is 2.29. The van der Waals surface area contributed by atoms with Gasteiger partial charge in [-0.25, -0.2) is 14.4 Å². The van der Waals surface area contributed by atoms with Crippen molar-refractivity contribution in [2.45, 2.75) is 6.92 Å². The Labute approximate surface area is 105 Å². The molecule has 1 aromatic heterocycles. The maximum atomic E-state index is 13.3. The van der Waals surface area contributed by atoms with E-state index in [0.29, 0.717) is 23.0 Å². The predicted octanol–water partition coefficient (Wildman–Crippen LogP) is 2.72. The van der Waals surface area contributed by atoms with Crippen molar-refractivity contribution in [1.29, 1.82) is 0 Å². The first-order valence-electron chi connectivity index (χ1n) is 5.65. The third-order valence-corrected chi connectivity index (χ3v) is 2.43. The molecule has 0 saturated heterocycles. The molecule has 2 aromatic rings. The van der Waals surface area contributed by atoms with Crippen LogP contribution in [0.2, 0.25) is 0 Å². The maximum Gasteiger partial charge on any atom is 0.223 e. The van der Waals surface area contributed by atoms with Gasteiger partial charge in [0.1, 0.15) is 11.6 Å². The molecule has 1 heterocycles. The number of halogens is 1. The van der Waals surface area contributed by atoms with Crippen LogP contribution in [-0.2, 0) is 0 Å². The van der Waals surface area contributed by atoms with Crippen LogP contribution in [0.15, 0.2) is 30.5 Å². The van der Waals surface area contributed by atoms with E-state index in [1.807, 2.05) is 6.92 Å². The van der Waals surface area contributed by atoms with E-state index in [1.54, 1.807) is 25.4 Å². The molecule has 0 unspecified atom stereocenters. The van der Waals surface area contributed by atoms with Crippen LogP contribution in [0.25, 0.3) is 11.3 Å². The average molecular weight is 247 g/mol. The van der Waals surface area contributed by atoms with Crippen LogP contribution >= 0.6 is 0 Å². The summed E-state index contributed by atoms with van der Waals surface area (Å²) in [5.74, 6) is 0.772. The van der Waals surface area contributed by atoms with Crippen molar-refractivity contribution in [3.8, 4) is 17.0 Å². The molecule has 1 N–H and O–H groups in total. The van der Waals surface area contributed by atoms with E-state index in [1.165, 1.54) is 12.1 Å². The minimum atomic E-state index is -0.325. The fourth-order valence-electron chi connectivity index (χ4n) is 1.63. The molecule has 0 saturated carbocycles. The number of benzene rings is 1. The van der Waals surface area contributed by atoms with Gasteiger partial charge in [0.15, 0.2) is 0 Å². The number of aromatic nitrogens is 2. The second-order valence-corrected chi connectivity index (χ2v) is 3.64. The summed E-state index contributed by atoms with van der Waals surface area (Å²) in [7, 11) is 1.54. The first-order chi connectivity index (χ1) is 8.74. The molecule has 0 fully saturated rings. The Morgan fingerprint density at radius 1 is 1.33 bits per heavy atom. The van der Waals surface area contributed by atoms with E-state index in [4.69, 9.17) is 4.74 Å². The van der Waals surface area contributed by atoms with Crippen LogP contribution in [0.3, 0.4) is 0 Å². The van der Waals surface area contributed by atoms with Crippen LogP contribution in [0.4, 0.5) is 10.3 Å². The van der Waals surface area contributed by atoms with Gasteiger partial charge in [-0.05, 0) is 31.2 Å². The second-order valence-electron chi connectivity index (χ2n) is 3.64. The fourth-order valence-corrected chi connectivity index (χ4v) is 1.63. The first kappa shape index (κ1) is 12.3. The number of anilines is 1. The summed E-state index contributed by atoms with van der Waals surface area (Å²) < 4.78 is 18.5. The van der Waals surface area contributed by atoms with Gasteiger partial charge in [-0.2, -0.15) is 0 Å². The van der Waals surface area contributed by atoms with Crippen LogP contribution in [0.5, 0.6) is 5.75 Å². The van der Waals surface area contributed by atoms with Gasteiger partial charge in [-0.15, -0.1) is 0 Å². The number of methoxy groups -OCH3 is 1. The van der Waals surface area contributed by atoms with E-state index >= 15 is 0 Å². The molecule has 0 aliphatic heterocycles. The number of nitrogens with zero attached hydrogens (tertiary/aromatic N) is 2. The molecule has 2 rings (SSSR count). The molecule has 4 nitrogen and oxygen atoms in total. The number of hydrogen-bond donors (Lipinski definition) is 1. The van der Waals surface area contributed by atoms with Crippen molar-refractivity contribution in [3.63, 3.8) is 0 Å². The molecule has 18 heavy (non-hydrogen) atoms. The number of ether oxygens (including phenoxy) is 1. The Morgan fingerprint density at radius 3 is 2.89 bits per heavy atom. The Hall–Kier alpha value is -2.17. The van der Waals surface area contributed by atoms with E-state index < -0.39 is 0 Å². The number of nitrogens with one attached hydrogen (secondary N) is 1. The summed E-state index contributed by atoms with van der Waals surface area (Å²) in [6, 6.07) is 6.06. The lowest BCUT2D eigenvalue weighted by molar-refractivity contribution is 0.415. The fraction of sp³-hybridized carbons (Fsp3) is 0.231. The summed E-state index contributed by atoms with van der Waals surface area (Å²) in [4.78, 5) is 8.39. The van der Waals surface area contributed by atoms with Crippen molar-refractivity contribution in [1.82, 2.24) is 9.97 Å². The topological polar surface area (TPSA) is 47.0 Å². The van der Waals surface area contributed by atoms with Gasteiger partial charge in [-0.3, -0.25) is 0 Å². The summed E-state index contributed by atoms with van der Waals surface area (Å²) in [5.41, 5.74) is 1.23. The van der Waals surface area contributed by atoms with Gasteiger partial charge < -0.3 is 10.1 Å². The molecular weight excluding hydrogens is 233 g/mol. The van der Waals surface area contributed by atoms with E-state index in [9.17, 15) is 4.39 Å². The highest BCUT2D eigenvalue weighted by molar-refractivity contribution is 5.67. The molecule has 0 radical (unpaired) electrons. The summed E-state index contributed by atoms with van der Waals surface area (Å²) >= 11 is 0. The quantitative estimate of drug-likeness (QED) is 0.902. The number of hydrogen-bond acceptors (Lipinski definition) is 4. The van der Waals surface area contributed by atoms with Crippen molar-refractivity contribution in [2.24, 2.45) is 0 Å². The van der Waals surface area contributed by atoms with E-state index in [0.717, 1.165) is 6.54 Å². The van der Waals surface area contributed by atoms with Crippen LogP contribution < -0.4 is 10.1 Å². The molecule has 0 bridgehead atoms. The molecule has 94 valence electrons. The Kier molecular flexibility index (Phi) is 3.72. The second kappa shape index (κ2) is 5.44. The SMILES string of the molecule is CCNc1nccc(-c2cc(F)ccc2OC)n1. The predicted molar refractivity (Wildman–Crippen MR) is 68.1 cm³/mol. The molecular formula is C13H14FN3O. The van der Waals surface area contributed by atoms with Crippen LogP contribution in [-0.4, -0.2) is 23.6 Å². The third kappa shape index (κ3) is 2.56. The molecule has 0 aliphatic rings. The monoisotopic (exact) mass is 247 g/mol. The standard InChI is InChI=1S/C13H14FN3O/c1-3-15-13-16-7-6-11(17-13)10-8-9(14)4-5-12(10)18-2/h4-8H,3H2,1-2H3,(H,15,16,17). The van der Waals surface area contributed by atoms with Crippen LogP contribution in [0.1, 0.15) is 6.92 Å². The Balaban J connectivity index is 2.47. The van der Waals surface area contributed by atoms with Gasteiger partial charge in [0, 0.05) is 18.3 Å². The minimum absolute atomic E-state index is 0.325. The van der Waals surface area contributed by atoms with Crippen molar-refractivity contribution >= 4 is 5.95 Å². The molecule has 5 heteroatoms. The van der Waals surface area contributed by atoms with Gasteiger partial charge in [0.2, 0.25) is 5.95 Å². The molecule has 0 aliphatic carbocycles. The third-order valence-electron chi connectivity index (χ3n) is 2.43. The lowest BCUT2D eigenvalue weighted by atomic mass is 10.1. The minimum Gasteiger partial charge on any atom is -0.496 e. The zero-order chi connectivity index (χ0) is 13.0. The van der Waals surface area contributed by atoms with Crippen molar-refractivity contribution in [3.05, 3.63) is 36.3 Å². The molecule has 1 aromatic carbocycles. The summed E-state index contributed by atoms with van der Waals surface area (Å²) in [6.07, 6.45) is 1.63. The van der Waals surface area contributed by atoms with Gasteiger partial charge >= 0.3 is 0 Å². The van der Waals surface area contributed by atoms with Gasteiger partial charge in [0.25, 0.3) is 0 Å². The molecule has 0 atom stereocenters. The highest BCUT2D eigenvalue weighted by Gasteiger charge is 2.09. The first-order valence-corrected chi connectivity index (χ1v) is 5.65. The Bertz CT molecular complexity index is 546. The van der Waals surface area contributed by atoms with Crippen LogP contribution in [0, 0.1) is 5.82 Å². The normalized spacial score (nSPS) is 10.2. The lowest BCUT2D eigenvalue weighted by Gasteiger charge is -2.09. The Morgan fingerprint density at radius 2 is 2.17 bits per heavy atom.